The van der Waals surface area contributed by atoms with Crippen molar-refractivity contribution in [1.29, 1.82) is 0 Å². The van der Waals surface area contributed by atoms with Crippen LogP contribution in [-0.2, 0) is 14.4 Å². The normalized spacial score (nSPS) is 15.8. The SMILES string of the molecule is Cc1cc(Br)cc2c1O[C@H](C(F)(F)F)C(C(=O)OCCSSCCO[N+](=O)[O-])=C2. The Kier molecular flexibility index (Phi) is 8.52. The molecule has 0 aliphatic carbocycles. The Bertz CT molecular complexity index is 806. The first-order valence-corrected chi connectivity index (χ1v) is 11.3. The van der Waals surface area contributed by atoms with Crippen LogP contribution < -0.4 is 4.74 Å². The van der Waals surface area contributed by atoms with Crippen LogP contribution in [-0.4, -0.2) is 48.1 Å². The van der Waals surface area contributed by atoms with Gasteiger partial charge in [-0.25, -0.2) is 4.79 Å². The Morgan fingerprint density at radius 2 is 1.97 bits per heavy atom. The van der Waals surface area contributed by atoms with Gasteiger partial charge in [0.25, 0.3) is 5.09 Å². The van der Waals surface area contributed by atoms with E-state index in [1.807, 2.05) is 0 Å². The summed E-state index contributed by atoms with van der Waals surface area (Å²) in [6.07, 6.45) is -6.07. The number of alkyl halides is 3. The van der Waals surface area contributed by atoms with Gasteiger partial charge in [0, 0.05) is 21.5 Å². The zero-order valence-corrected chi connectivity index (χ0v) is 18.1. The third kappa shape index (κ3) is 7.00. The van der Waals surface area contributed by atoms with Crippen LogP contribution in [0.3, 0.4) is 0 Å². The van der Waals surface area contributed by atoms with Crippen LogP contribution in [0.15, 0.2) is 22.2 Å². The topological polar surface area (TPSA) is 87.9 Å². The van der Waals surface area contributed by atoms with Gasteiger partial charge in [0.2, 0.25) is 6.10 Å². The van der Waals surface area contributed by atoms with Crippen LogP contribution in [0.25, 0.3) is 6.08 Å². The van der Waals surface area contributed by atoms with Crippen molar-refractivity contribution >= 4 is 49.6 Å². The molecular formula is C16H15BrF3NO6S2. The molecule has 0 fully saturated rings. The van der Waals surface area contributed by atoms with Crippen LogP contribution >= 0.6 is 37.5 Å². The summed E-state index contributed by atoms with van der Waals surface area (Å²) in [7, 11) is 2.50. The summed E-state index contributed by atoms with van der Waals surface area (Å²) >= 11 is 3.26. The molecule has 29 heavy (non-hydrogen) atoms. The summed E-state index contributed by atoms with van der Waals surface area (Å²) in [6, 6.07) is 3.18. The molecule has 7 nitrogen and oxygen atoms in total. The Morgan fingerprint density at radius 3 is 2.59 bits per heavy atom. The summed E-state index contributed by atoms with van der Waals surface area (Å²) in [6.45, 7) is 1.40. The molecule has 2 rings (SSSR count). The third-order valence-electron chi connectivity index (χ3n) is 3.48. The van der Waals surface area contributed by atoms with Crippen molar-refractivity contribution in [3.8, 4) is 5.75 Å². The maximum Gasteiger partial charge on any atom is 0.430 e. The fourth-order valence-corrected chi connectivity index (χ4v) is 4.61. The number of hydrogen-bond acceptors (Lipinski definition) is 8. The van der Waals surface area contributed by atoms with E-state index in [2.05, 4.69) is 20.8 Å². The number of nitrogens with zero attached hydrogens (tertiary/aromatic N) is 1. The number of rotatable bonds is 9. The van der Waals surface area contributed by atoms with E-state index in [9.17, 15) is 28.1 Å². The highest BCUT2D eigenvalue weighted by atomic mass is 79.9. The van der Waals surface area contributed by atoms with Crippen molar-refractivity contribution in [2.45, 2.75) is 19.2 Å². The molecule has 1 atom stereocenters. The van der Waals surface area contributed by atoms with Gasteiger partial charge >= 0.3 is 12.1 Å². The van der Waals surface area contributed by atoms with Crippen molar-refractivity contribution in [3.63, 3.8) is 0 Å². The van der Waals surface area contributed by atoms with Gasteiger partial charge in [0.1, 0.15) is 19.0 Å². The third-order valence-corrected chi connectivity index (χ3v) is 6.27. The summed E-state index contributed by atoms with van der Waals surface area (Å²) < 4.78 is 51.0. The van der Waals surface area contributed by atoms with Crippen molar-refractivity contribution < 1.29 is 37.4 Å². The molecule has 1 aliphatic rings. The van der Waals surface area contributed by atoms with Crippen molar-refractivity contribution in [2.75, 3.05) is 24.7 Å². The lowest BCUT2D eigenvalue weighted by Gasteiger charge is -2.29. The minimum atomic E-state index is -4.79. The quantitative estimate of drug-likeness (QED) is 0.154. The van der Waals surface area contributed by atoms with Crippen LogP contribution in [0.4, 0.5) is 13.2 Å². The fourth-order valence-electron chi connectivity index (χ4n) is 2.37. The summed E-state index contributed by atoms with van der Waals surface area (Å²) in [5, 5.41) is 9.08. The smallest absolute Gasteiger partial charge is 0.430 e. The molecule has 160 valence electrons. The second-order valence-corrected chi connectivity index (χ2v) is 9.23. The van der Waals surface area contributed by atoms with Crippen LogP contribution in [0.1, 0.15) is 11.1 Å². The van der Waals surface area contributed by atoms with E-state index in [-0.39, 0.29) is 19.0 Å². The van der Waals surface area contributed by atoms with Gasteiger partial charge in [-0.1, -0.05) is 37.5 Å². The highest BCUT2D eigenvalue weighted by Crippen LogP contribution is 2.40. The zero-order chi connectivity index (χ0) is 21.6. The number of halogens is 4. The molecule has 1 aromatic rings. The number of esters is 1. The largest absolute Gasteiger partial charge is 0.475 e. The molecule has 0 N–H and O–H groups in total. The van der Waals surface area contributed by atoms with E-state index in [0.717, 1.165) is 6.08 Å². The second-order valence-electron chi connectivity index (χ2n) is 5.62. The molecule has 0 aromatic heterocycles. The molecule has 1 heterocycles. The average molecular weight is 518 g/mol. The number of aryl methyl sites for hydroxylation is 1. The Hall–Kier alpha value is -1.60. The van der Waals surface area contributed by atoms with E-state index in [4.69, 9.17) is 9.47 Å². The Balaban J connectivity index is 1.97. The summed E-state index contributed by atoms with van der Waals surface area (Å²) in [4.78, 5) is 26.4. The number of fused-ring (bicyclic) bond motifs is 1. The molecule has 13 heteroatoms. The molecule has 1 aromatic carbocycles. The molecule has 1 aliphatic heterocycles. The van der Waals surface area contributed by atoms with Gasteiger partial charge < -0.3 is 14.3 Å². The lowest BCUT2D eigenvalue weighted by molar-refractivity contribution is -0.756. The maximum absolute atomic E-state index is 13.4. The fraction of sp³-hybridized carbons (Fsp3) is 0.438. The van der Waals surface area contributed by atoms with Crippen LogP contribution in [0.5, 0.6) is 5.75 Å². The van der Waals surface area contributed by atoms with Gasteiger partial charge in [0.05, 0.1) is 5.57 Å². The number of hydrogen-bond donors (Lipinski definition) is 0. The maximum atomic E-state index is 13.4. The average Bonchev–Trinajstić information content (AvgIpc) is 2.61. The standard InChI is InChI=1S/C16H15BrF3NO6S2/c1-9-6-11(17)7-10-8-12(14(16(18,19)20)27-13(9)10)15(22)25-2-4-28-29-5-3-26-21(23)24/h6-8,14H,2-5H2,1H3/t14-/m0/s1. The molecule has 0 saturated carbocycles. The van der Waals surface area contributed by atoms with Crippen molar-refractivity contribution in [2.24, 2.45) is 0 Å². The van der Waals surface area contributed by atoms with E-state index in [0.29, 0.717) is 27.1 Å². The van der Waals surface area contributed by atoms with Gasteiger partial charge in [-0.3, -0.25) is 0 Å². The highest BCUT2D eigenvalue weighted by Gasteiger charge is 2.49. The number of benzene rings is 1. The Morgan fingerprint density at radius 1 is 1.31 bits per heavy atom. The first-order chi connectivity index (χ1) is 13.6. The van der Waals surface area contributed by atoms with E-state index in [1.165, 1.54) is 21.6 Å². The van der Waals surface area contributed by atoms with Gasteiger partial charge in [0.15, 0.2) is 0 Å². The first kappa shape index (κ1) is 23.7. The number of carbonyl (C=O) groups excluding carboxylic acids is 1. The zero-order valence-electron chi connectivity index (χ0n) is 14.9. The van der Waals surface area contributed by atoms with Crippen LogP contribution in [0.2, 0.25) is 0 Å². The molecule has 0 bridgehead atoms. The highest BCUT2D eigenvalue weighted by molar-refractivity contribution is 9.10. The lowest BCUT2D eigenvalue weighted by atomic mass is 9.99. The second kappa shape index (κ2) is 10.4. The van der Waals surface area contributed by atoms with Gasteiger partial charge in [-0.2, -0.15) is 13.2 Å². The van der Waals surface area contributed by atoms with Crippen molar-refractivity contribution in [1.82, 2.24) is 0 Å². The molecule has 0 radical (unpaired) electrons. The van der Waals surface area contributed by atoms with Crippen molar-refractivity contribution in [3.05, 3.63) is 43.4 Å². The lowest BCUT2D eigenvalue weighted by Crippen LogP contribution is -2.41. The summed E-state index contributed by atoms with van der Waals surface area (Å²) in [5.74, 6) is -0.422. The van der Waals surface area contributed by atoms with Gasteiger partial charge in [-0.15, -0.1) is 10.1 Å². The van der Waals surface area contributed by atoms with Crippen LogP contribution in [0, 0.1) is 17.0 Å². The molecular weight excluding hydrogens is 503 g/mol. The molecule has 0 amide bonds. The minimum absolute atomic E-state index is 0.0657. The monoisotopic (exact) mass is 517 g/mol. The van der Waals surface area contributed by atoms with E-state index < -0.39 is 28.9 Å². The predicted molar refractivity (Wildman–Crippen MR) is 106 cm³/mol. The van der Waals surface area contributed by atoms with E-state index >= 15 is 0 Å². The predicted octanol–water partition coefficient (Wildman–Crippen LogP) is 4.60. The molecule has 0 unspecified atom stereocenters. The molecule has 0 spiro atoms. The van der Waals surface area contributed by atoms with E-state index in [1.54, 1.807) is 19.1 Å². The number of carbonyl (C=O) groups is 1. The minimum Gasteiger partial charge on any atom is -0.475 e. The first-order valence-electron chi connectivity index (χ1n) is 8.03. The van der Waals surface area contributed by atoms with Gasteiger partial charge in [-0.05, 0) is 30.7 Å². The Labute approximate surface area is 180 Å². The molecule has 0 saturated heterocycles. The summed E-state index contributed by atoms with van der Waals surface area (Å²) in [5.41, 5.74) is 0.223. The number of ether oxygens (including phenoxy) is 2.